The van der Waals surface area contributed by atoms with Crippen molar-refractivity contribution in [2.75, 3.05) is 13.2 Å². The number of β-lactam (4-membered cyclic amide) rings is 1. The molecule has 1 unspecified atom stereocenters. The van der Waals surface area contributed by atoms with Crippen molar-refractivity contribution in [3.8, 4) is 0 Å². The molecule has 0 aromatic rings. The zero-order chi connectivity index (χ0) is 24.1. The van der Waals surface area contributed by atoms with Gasteiger partial charge >= 0.3 is 5.97 Å². The maximum Gasteiger partial charge on any atom is 0.356 e. The molecular formula is C23H41NO5SSi2. The van der Waals surface area contributed by atoms with Crippen LogP contribution in [0.2, 0.25) is 43.8 Å². The van der Waals surface area contributed by atoms with Gasteiger partial charge in [0.2, 0.25) is 5.91 Å². The van der Waals surface area contributed by atoms with Crippen molar-refractivity contribution < 1.29 is 23.5 Å². The molecule has 0 aromatic heterocycles. The normalized spacial score (nSPS) is 27.5. The number of hydrogen-bond donors (Lipinski definition) is 0. The number of fused-ring (bicyclic) bond motifs is 1. The van der Waals surface area contributed by atoms with Crippen molar-refractivity contribution in [1.29, 1.82) is 0 Å². The van der Waals surface area contributed by atoms with Crippen molar-refractivity contribution in [3.05, 3.63) is 10.6 Å². The van der Waals surface area contributed by atoms with Crippen LogP contribution in [0, 0.1) is 5.92 Å². The second-order valence-corrected chi connectivity index (χ2v) is 23.5. The van der Waals surface area contributed by atoms with Crippen molar-refractivity contribution in [2.24, 2.45) is 5.92 Å². The lowest BCUT2D eigenvalue weighted by Gasteiger charge is -2.48. The molecule has 32 heavy (non-hydrogen) atoms. The average molecular weight is 500 g/mol. The van der Waals surface area contributed by atoms with Crippen LogP contribution in [0.25, 0.3) is 0 Å². The average Bonchev–Trinajstić information content (AvgIpc) is 3.24. The molecule has 6 nitrogen and oxygen atoms in total. The largest absolute Gasteiger partial charge is 0.461 e. The highest BCUT2D eigenvalue weighted by Crippen LogP contribution is 2.54. The molecule has 2 fully saturated rings. The van der Waals surface area contributed by atoms with Gasteiger partial charge in [-0.2, -0.15) is 0 Å². The van der Waals surface area contributed by atoms with E-state index in [1.54, 1.807) is 16.7 Å². The summed E-state index contributed by atoms with van der Waals surface area (Å²) in [5.74, 6) is -0.662. The highest BCUT2D eigenvalue weighted by Gasteiger charge is 2.60. The summed E-state index contributed by atoms with van der Waals surface area (Å²) >= 11 is 1.61. The fourth-order valence-electron chi connectivity index (χ4n) is 4.03. The molecule has 4 atom stereocenters. The van der Waals surface area contributed by atoms with E-state index in [4.69, 9.17) is 13.9 Å². The topological polar surface area (TPSA) is 65.1 Å². The van der Waals surface area contributed by atoms with Gasteiger partial charge in [-0.25, -0.2) is 4.79 Å². The maximum atomic E-state index is 13.3. The number of amides is 1. The van der Waals surface area contributed by atoms with E-state index in [2.05, 4.69) is 53.5 Å². The number of nitrogens with zero attached hydrogens (tertiary/aromatic N) is 1. The minimum Gasteiger partial charge on any atom is -0.461 e. The van der Waals surface area contributed by atoms with Gasteiger partial charge in [0.05, 0.1) is 24.7 Å². The predicted molar refractivity (Wildman–Crippen MR) is 135 cm³/mol. The molecule has 2 saturated heterocycles. The van der Waals surface area contributed by atoms with Crippen LogP contribution >= 0.6 is 11.8 Å². The Morgan fingerprint density at radius 3 is 2.44 bits per heavy atom. The molecule has 0 bridgehead atoms. The van der Waals surface area contributed by atoms with Crippen molar-refractivity contribution in [2.45, 2.75) is 102 Å². The third-order valence-corrected chi connectivity index (χ3v) is 14.8. The van der Waals surface area contributed by atoms with Gasteiger partial charge in [-0.05, 0) is 43.9 Å². The molecule has 0 aliphatic carbocycles. The molecule has 0 N–H and O–H groups in total. The molecule has 3 aliphatic heterocycles. The fourth-order valence-corrected chi connectivity index (χ4v) is 7.87. The van der Waals surface area contributed by atoms with Crippen molar-refractivity contribution in [1.82, 2.24) is 4.90 Å². The van der Waals surface area contributed by atoms with E-state index in [-0.39, 0.29) is 40.4 Å². The fraction of sp³-hybridized carbons (Fsp3) is 0.826. The Morgan fingerprint density at radius 2 is 1.91 bits per heavy atom. The molecule has 0 spiro atoms. The Hall–Kier alpha value is -0.616. The first-order chi connectivity index (χ1) is 14.6. The minimum atomic E-state index is -2.01. The van der Waals surface area contributed by atoms with Gasteiger partial charge in [0.15, 0.2) is 8.32 Å². The van der Waals surface area contributed by atoms with Crippen molar-refractivity contribution >= 4 is 40.0 Å². The first-order valence-corrected chi connectivity index (χ1v) is 19.3. The van der Waals surface area contributed by atoms with Gasteiger partial charge in [0, 0.05) is 19.6 Å². The molecule has 1 amide bonds. The van der Waals surface area contributed by atoms with Gasteiger partial charge in [0.25, 0.3) is 0 Å². The summed E-state index contributed by atoms with van der Waals surface area (Å²) < 4.78 is 18.1. The number of thioether (sulfide) groups is 1. The Kier molecular flexibility index (Phi) is 7.48. The number of ether oxygens (including phenoxy) is 2. The predicted octanol–water partition coefficient (Wildman–Crippen LogP) is 5.20. The standard InChI is InChI=1S/C23H41NO5SSi2/c1-15(29-32(8,9)23(2,3)4)17-20(25)24-18(22(26)28-13-14-31(5,6)7)19(30-21(17)24)16-11-10-12-27-16/h15-17,21H,10-14H2,1-9H3/t15-,16?,17+,21-/m1/s1. The first kappa shape index (κ1) is 26.0. The summed E-state index contributed by atoms with van der Waals surface area (Å²) in [5.41, 5.74) is 0.420. The van der Waals surface area contributed by atoms with Crippen LogP contribution in [0.4, 0.5) is 0 Å². The van der Waals surface area contributed by atoms with E-state index >= 15 is 0 Å². The lowest BCUT2D eigenvalue weighted by Crippen LogP contribution is -2.62. The summed E-state index contributed by atoms with van der Waals surface area (Å²) in [6.45, 7) is 20.9. The van der Waals surface area contributed by atoms with E-state index in [0.29, 0.717) is 18.9 Å². The molecule has 0 saturated carbocycles. The second-order valence-electron chi connectivity index (χ2n) is 12.0. The van der Waals surface area contributed by atoms with Crippen molar-refractivity contribution in [3.63, 3.8) is 0 Å². The smallest absolute Gasteiger partial charge is 0.356 e. The molecule has 3 rings (SSSR count). The molecule has 0 radical (unpaired) electrons. The van der Waals surface area contributed by atoms with Gasteiger partial charge in [-0.3, -0.25) is 9.69 Å². The van der Waals surface area contributed by atoms with Crippen LogP contribution in [0.3, 0.4) is 0 Å². The van der Waals surface area contributed by atoms with Crippen LogP contribution in [0.15, 0.2) is 10.6 Å². The second kappa shape index (κ2) is 9.21. The van der Waals surface area contributed by atoms with Gasteiger partial charge in [0.1, 0.15) is 11.1 Å². The highest BCUT2D eigenvalue weighted by atomic mass is 32.2. The Bertz CT molecular complexity index is 780. The summed E-state index contributed by atoms with van der Waals surface area (Å²) in [4.78, 5) is 29.0. The number of rotatable bonds is 8. The molecule has 0 aromatic carbocycles. The summed E-state index contributed by atoms with van der Waals surface area (Å²) in [6, 6.07) is 0.909. The maximum absolute atomic E-state index is 13.3. The third kappa shape index (κ3) is 5.21. The van der Waals surface area contributed by atoms with Gasteiger partial charge in [-0.15, -0.1) is 0 Å². The van der Waals surface area contributed by atoms with Crippen LogP contribution in [-0.4, -0.2) is 64.0 Å². The van der Waals surface area contributed by atoms with E-state index in [9.17, 15) is 9.59 Å². The number of carbonyl (C=O) groups is 2. The molecule has 3 aliphatic rings. The van der Waals surface area contributed by atoms with Crippen LogP contribution < -0.4 is 0 Å². The first-order valence-electron chi connectivity index (χ1n) is 11.8. The number of hydrogen-bond acceptors (Lipinski definition) is 6. The molecule has 9 heteroatoms. The summed E-state index contributed by atoms with van der Waals surface area (Å²) in [6.07, 6.45) is 1.55. The third-order valence-electron chi connectivity index (χ3n) is 7.10. The molecular weight excluding hydrogens is 458 g/mol. The zero-order valence-electron chi connectivity index (χ0n) is 21.2. The Balaban J connectivity index is 1.76. The van der Waals surface area contributed by atoms with E-state index in [0.717, 1.165) is 23.8 Å². The highest BCUT2D eigenvalue weighted by molar-refractivity contribution is 8.04. The lowest BCUT2D eigenvalue weighted by atomic mass is 9.92. The Labute approximate surface area is 199 Å². The van der Waals surface area contributed by atoms with Crippen LogP contribution in [0.1, 0.15) is 40.5 Å². The Morgan fingerprint density at radius 1 is 1.25 bits per heavy atom. The van der Waals surface area contributed by atoms with E-state index < -0.39 is 16.4 Å². The van der Waals surface area contributed by atoms with E-state index in [1.165, 1.54) is 0 Å². The monoisotopic (exact) mass is 499 g/mol. The van der Waals surface area contributed by atoms with E-state index in [1.807, 2.05) is 6.92 Å². The zero-order valence-corrected chi connectivity index (χ0v) is 24.1. The summed E-state index contributed by atoms with van der Waals surface area (Å²) in [5, 5.41) is -0.0378. The minimum absolute atomic E-state index is 0.0288. The quantitative estimate of drug-likeness (QED) is 0.260. The molecule has 3 heterocycles. The number of carbonyl (C=O) groups excluding carboxylic acids is 2. The van der Waals surface area contributed by atoms with Crippen LogP contribution in [-0.2, 0) is 23.5 Å². The SMILES string of the molecule is C[C@@H](O[Si](C)(C)C(C)(C)C)[C@H]1C(=O)N2C(C(=O)OCC[Si](C)(C)C)=C(C3CCCO3)S[C@H]12. The lowest BCUT2D eigenvalue weighted by molar-refractivity contribution is -0.157. The van der Waals surface area contributed by atoms with Gasteiger partial charge < -0.3 is 13.9 Å². The van der Waals surface area contributed by atoms with Gasteiger partial charge in [-0.1, -0.05) is 52.2 Å². The molecule has 182 valence electrons. The van der Waals surface area contributed by atoms with Crippen LogP contribution in [0.5, 0.6) is 0 Å². The number of esters is 1. The summed E-state index contributed by atoms with van der Waals surface area (Å²) in [7, 11) is -3.33.